The van der Waals surface area contributed by atoms with Gasteiger partial charge in [0.25, 0.3) is 0 Å². The lowest BCUT2D eigenvalue weighted by atomic mass is 10.1. The van der Waals surface area contributed by atoms with Crippen LogP contribution in [-0.2, 0) is 11.8 Å². The van der Waals surface area contributed by atoms with E-state index in [-0.39, 0.29) is 0 Å². The van der Waals surface area contributed by atoms with E-state index in [4.69, 9.17) is 0 Å². The fraction of sp³-hybridized carbons (Fsp3) is 0.615. The van der Waals surface area contributed by atoms with Crippen LogP contribution in [0.25, 0.3) is 0 Å². The maximum Gasteiger partial charge on any atom is 0.331 e. The molecule has 0 saturated heterocycles. The van der Waals surface area contributed by atoms with Crippen molar-refractivity contribution in [1.82, 2.24) is 20.0 Å². The number of carboxylic acids is 1. The Morgan fingerprint density at radius 2 is 2.15 bits per heavy atom. The lowest BCUT2D eigenvalue weighted by Crippen LogP contribution is -2.42. The number of carboxylic acid groups (broad SMARTS) is 1. The molecule has 0 radical (unpaired) electrons. The van der Waals surface area contributed by atoms with Crippen LogP contribution in [0.3, 0.4) is 0 Å². The van der Waals surface area contributed by atoms with Gasteiger partial charge in [-0.2, -0.15) is 5.10 Å². The van der Waals surface area contributed by atoms with Crippen molar-refractivity contribution < 1.29 is 14.7 Å². The Balaban J connectivity index is 2.66. The Labute approximate surface area is 118 Å². The predicted molar refractivity (Wildman–Crippen MR) is 74.2 cm³/mol. The second-order valence-corrected chi connectivity index (χ2v) is 5.27. The standard InChI is InChI=1S/C13H22N4O3/c1-9(2)5-6-16(3)13(20)15-11(12(18)19)10-7-14-17(4)8-10/h7-9,11H,5-6H2,1-4H3,(H,15,20)(H,18,19). The minimum absolute atomic E-state index is 0.401. The molecule has 1 heterocycles. The average Bonchev–Trinajstić information content (AvgIpc) is 2.78. The largest absolute Gasteiger partial charge is 0.479 e. The molecular formula is C13H22N4O3. The van der Waals surface area contributed by atoms with E-state index in [1.54, 1.807) is 20.3 Å². The number of nitrogens with one attached hydrogen (secondary N) is 1. The van der Waals surface area contributed by atoms with Crippen molar-refractivity contribution in [2.75, 3.05) is 13.6 Å². The summed E-state index contributed by atoms with van der Waals surface area (Å²) in [5.41, 5.74) is 0.450. The molecule has 0 aliphatic heterocycles. The smallest absolute Gasteiger partial charge is 0.331 e. The average molecular weight is 282 g/mol. The molecule has 0 aliphatic rings. The highest BCUT2D eigenvalue weighted by Crippen LogP contribution is 2.12. The van der Waals surface area contributed by atoms with Gasteiger partial charge in [-0.05, 0) is 12.3 Å². The summed E-state index contributed by atoms with van der Waals surface area (Å²) in [7, 11) is 3.35. The van der Waals surface area contributed by atoms with Crippen LogP contribution < -0.4 is 5.32 Å². The van der Waals surface area contributed by atoms with Gasteiger partial charge in [-0.15, -0.1) is 0 Å². The van der Waals surface area contributed by atoms with E-state index in [9.17, 15) is 14.7 Å². The summed E-state index contributed by atoms with van der Waals surface area (Å²) in [5, 5.41) is 15.6. The molecule has 2 amide bonds. The van der Waals surface area contributed by atoms with E-state index in [1.165, 1.54) is 15.8 Å². The van der Waals surface area contributed by atoms with Crippen LogP contribution in [0.4, 0.5) is 4.79 Å². The highest BCUT2D eigenvalue weighted by molar-refractivity contribution is 5.83. The predicted octanol–water partition coefficient (Wildman–Crippen LogP) is 1.23. The van der Waals surface area contributed by atoms with Crippen LogP contribution in [-0.4, -0.2) is 45.4 Å². The van der Waals surface area contributed by atoms with Crippen LogP contribution in [0, 0.1) is 5.92 Å². The third-order valence-electron chi connectivity index (χ3n) is 2.96. The first kappa shape index (κ1) is 16.0. The molecule has 0 aromatic carbocycles. The van der Waals surface area contributed by atoms with Gasteiger partial charge >= 0.3 is 12.0 Å². The number of aliphatic carboxylic acids is 1. The molecule has 7 nitrogen and oxygen atoms in total. The Bertz CT molecular complexity index is 470. The van der Waals surface area contributed by atoms with Crippen LogP contribution in [0.1, 0.15) is 31.9 Å². The number of nitrogens with zero attached hydrogens (tertiary/aromatic N) is 3. The SMILES string of the molecule is CC(C)CCN(C)C(=O)NC(C(=O)O)c1cnn(C)c1. The molecule has 1 aromatic heterocycles. The molecule has 1 unspecified atom stereocenters. The second-order valence-electron chi connectivity index (χ2n) is 5.27. The van der Waals surface area contributed by atoms with Gasteiger partial charge < -0.3 is 15.3 Å². The first-order chi connectivity index (χ1) is 9.31. The van der Waals surface area contributed by atoms with Gasteiger partial charge in [-0.25, -0.2) is 9.59 Å². The molecule has 0 saturated carbocycles. The van der Waals surface area contributed by atoms with Crippen LogP contribution in [0.5, 0.6) is 0 Å². The fourth-order valence-electron chi connectivity index (χ4n) is 1.66. The van der Waals surface area contributed by atoms with Gasteiger partial charge in [0.05, 0.1) is 6.20 Å². The topological polar surface area (TPSA) is 87.5 Å². The summed E-state index contributed by atoms with van der Waals surface area (Å²) in [6.07, 6.45) is 3.88. The third kappa shape index (κ3) is 4.56. The lowest BCUT2D eigenvalue weighted by Gasteiger charge is -2.21. The van der Waals surface area contributed by atoms with E-state index < -0.39 is 18.0 Å². The normalized spacial score (nSPS) is 12.2. The highest BCUT2D eigenvalue weighted by atomic mass is 16.4. The second kappa shape index (κ2) is 6.93. The molecular weight excluding hydrogens is 260 g/mol. The lowest BCUT2D eigenvalue weighted by molar-refractivity contribution is -0.139. The van der Waals surface area contributed by atoms with Crippen LogP contribution in [0.2, 0.25) is 0 Å². The number of hydrogen-bond acceptors (Lipinski definition) is 3. The number of carbonyl (C=O) groups is 2. The number of amides is 2. The number of rotatable bonds is 6. The monoisotopic (exact) mass is 282 g/mol. The van der Waals surface area contributed by atoms with Crippen molar-refractivity contribution >= 4 is 12.0 Å². The van der Waals surface area contributed by atoms with Crippen LogP contribution in [0.15, 0.2) is 12.4 Å². The summed E-state index contributed by atoms with van der Waals surface area (Å²) in [5.74, 6) is -0.623. The fourth-order valence-corrected chi connectivity index (χ4v) is 1.66. The molecule has 2 N–H and O–H groups in total. The minimum Gasteiger partial charge on any atom is -0.479 e. The first-order valence-corrected chi connectivity index (χ1v) is 6.54. The number of carbonyl (C=O) groups excluding carboxylic acids is 1. The molecule has 0 spiro atoms. The third-order valence-corrected chi connectivity index (χ3v) is 2.96. The van der Waals surface area contributed by atoms with E-state index in [0.29, 0.717) is 18.0 Å². The molecule has 0 bridgehead atoms. The zero-order valence-electron chi connectivity index (χ0n) is 12.3. The molecule has 112 valence electrons. The zero-order valence-corrected chi connectivity index (χ0v) is 12.3. The van der Waals surface area contributed by atoms with Gasteiger partial charge in [-0.3, -0.25) is 4.68 Å². The van der Waals surface area contributed by atoms with Gasteiger partial charge in [0.2, 0.25) is 0 Å². The highest BCUT2D eigenvalue weighted by Gasteiger charge is 2.24. The number of hydrogen-bond donors (Lipinski definition) is 2. The molecule has 0 aliphatic carbocycles. The van der Waals surface area contributed by atoms with Crippen molar-refractivity contribution in [3.05, 3.63) is 18.0 Å². The van der Waals surface area contributed by atoms with E-state index >= 15 is 0 Å². The summed E-state index contributed by atoms with van der Waals surface area (Å²) >= 11 is 0. The summed E-state index contributed by atoms with van der Waals surface area (Å²) in [6.45, 7) is 4.73. The molecule has 0 fully saturated rings. The van der Waals surface area contributed by atoms with Crippen LogP contribution >= 0.6 is 0 Å². The van der Waals surface area contributed by atoms with Crippen molar-refractivity contribution in [2.45, 2.75) is 26.3 Å². The molecule has 1 rings (SSSR count). The minimum atomic E-state index is -1.11. The van der Waals surface area contributed by atoms with Gasteiger partial charge in [-0.1, -0.05) is 13.8 Å². The van der Waals surface area contributed by atoms with E-state index in [0.717, 1.165) is 6.42 Å². The van der Waals surface area contributed by atoms with Crippen molar-refractivity contribution in [1.29, 1.82) is 0 Å². The molecule has 1 atom stereocenters. The first-order valence-electron chi connectivity index (χ1n) is 6.54. The number of aryl methyl sites for hydroxylation is 1. The Morgan fingerprint density at radius 3 is 2.60 bits per heavy atom. The van der Waals surface area contributed by atoms with Crippen molar-refractivity contribution in [3.8, 4) is 0 Å². The quantitative estimate of drug-likeness (QED) is 0.821. The zero-order chi connectivity index (χ0) is 15.3. The number of aromatic nitrogens is 2. The maximum atomic E-state index is 12.0. The van der Waals surface area contributed by atoms with Gasteiger partial charge in [0, 0.05) is 32.4 Å². The molecule has 1 aromatic rings. The Kier molecular flexibility index (Phi) is 5.54. The number of urea groups is 1. The summed E-state index contributed by atoms with van der Waals surface area (Å²) < 4.78 is 1.50. The summed E-state index contributed by atoms with van der Waals surface area (Å²) in [6, 6.07) is -1.49. The Morgan fingerprint density at radius 1 is 1.50 bits per heavy atom. The Hall–Kier alpha value is -2.05. The molecule has 7 heteroatoms. The van der Waals surface area contributed by atoms with Crippen molar-refractivity contribution in [2.24, 2.45) is 13.0 Å². The maximum absolute atomic E-state index is 12.0. The summed E-state index contributed by atoms with van der Waals surface area (Å²) in [4.78, 5) is 24.7. The molecule has 20 heavy (non-hydrogen) atoms. The van der Waals surface area contributed by atoms with E-state index in [2.05, 4.69) is 24.3 Å². The van der Waals surface area contributed by atoms with Gasteiger partial charge in [0.1, 0.15) is 0 Å². The van der Waals surface area contributed by atoms with Gasteiger partial charge in [0.15, 0.2) is 6.04 Å². The van der Waals surface area contributed by atoms with E-state index in [1.807, 2.05) is 0 Å². The van der Waals surface area contributed by atoms with Crippen molar-refractivity contribution in [3.63, 3.8) is 0 Å².